The Morgan fingerprint density at radius 1 is 1.56 bits per heavy atom. The van der Waals surface area contributed by atoms with Gasteiger partial charge in [-0.2, -0.15) is 11.8 Å². The summed E-state index contributed by atoms with van der Waals surface area (Å²) in [5.74, 6) is 1.23. The molecule has 1 aliphatic heterocycles. The maximum Gasteiger partial charge on any atom is 0.0547 e. The van der Waals surface area contributed by atoms with E-state index in [-0.39, 0.29) is 5.41 Å². The number of nitrogens with zero attached hydrogens (tertiary/aromatic N) is 1. The highest BCUT2D eigenvalue weighted by Crippen LogP contribution is 2.28. The second kappa shape index (κ2) is 6.84. The van der Waals surface area contributed by atoms with Crippen molar-refractivity contribution in [3.63, 3.8) is 0 Å². The molecule has 4 heteroatoms. The molecule has 1 saturated heterocycles. The lowest BCUT2D eigenvalue weighted by molar-refractivity contribution is 0.110. The maximum atomic E-state index is 5.91. The normalized spacial score (nSPS) is 27.6. The van der Waals surface area contributed by atoms with Gasteiger partial charge in [-0.1, -0.05) is 0 Å². The first kappa shape index (κ1) is 14.3. The second-order valence-electron chi connectivity index (χ2n) is 5.05. The van der Waals surface area contributed by atoms with Crippen molar-refractivity contribution in [1.82, 2.24) is 4.90 Å². The molecular weight excluding hydrogens is 220 g/mol. The molecule has 0 saturated carbocycles. The molecule has 0 radical (unpaired) electrons. The minimum atomic E-state index is 0.211. The number of hydrogen-bond acceptors (Lipinski definition) is 4. The Kier molecular flexibility index (Phi) is 6.11. The summed E-state index contributed by atoms with van der Waals surface area (Å²) >= 11 is 1.92. The molecule has 1 aliphatic rings. The molecule has 2 atom stereocenters. The van der Waals surface area contributed by atoms with E-state index in [0.29, 0.717) is 6.04 Å². The molecule has 1 fully saturated rings. The average molecular weight is 246 g/mol. The first-order chi connectivity index (χ1) is 7.63. The summed E-state index contributed by atoms with van der Waals surface area (Å²) in [6, 6.07) is 0.636. The van der Waals surface area contributed by atoms with Gasteiger partial charge in [-0.3, -0.25) is 0 Å². The standard InChI is InChI=1S/C12H26N2OS/c1-11(4-7-16-3)14(2)9-12(8-13)5-6-15-10-12/h11H,4-10,13H2,1-3H3. The lowest BCUT2D eigenvalue weighted by Gasteiger charge is -2.34. The molecule has 2 unspecified atom stereocenters. The van der Waals surface area contributed by atoms with Crippen molar-refractivity contribution in [1.29, 1.82) is 0 Å². The topological polar surface area (TPSA) is 38.5 Å². The minimum absolute atomic E-state index is 0.211. The van der Waals surface area contributed by atoms with Gasteiger partial charge in [0.15, 0.2) is 0 Å². The van der Waals surface area contributed by atoms with E-state index in [4.69, 9.17) is 10.5 Å². The van der Waals surface area contributed by atoms with Gasteiger partial charge in [0.2, 0.25) is 0 Å². The zero-order valence-corrected chi connectivity index (χ0v) is 11.7. The molecule has 2 N–H and O–H groups in total. The van der Waals surface area contributed by atoms with Gasteiger partial charge in [0.05, 0.1) is 6.61 Å². The van der Waals surface area contributed by atoms with Crippen molar-refractivity contribution in [3.05, 3.63) is 0 Å². The predicted octanol–water partition coefficient (Wildman–Crippen LogP) is 1.43. The van der Waals surface area contributed by atoms with E-state index in [1.165, 1.54) is 12.2 Å². The van der Waals surface area contributed by atoms with E-state index in [1.807, 2.05) is 11.8 Å². The van der Waals surface area contributed by atoms with E-state index < -0.39 is 0 Å². The van der Waals surface area contributed by atoms with E-state index in [1.54, 1.807) is 0 Å². The second-order valence-corrected chi connectivity index (χ2v) is 6.04. The molecule has 0 aromatic heterocycles. The molecule has 16 heavy (non-hydrogen) atoms. The number of rotatable bonds is 7. The third-order valence-electron chi connectivity index (χ3n) is 3.69. The molecular formula is C12H26N2OS. The van der Waals surface area contributed by atoms with Crippen LogP contribution in [0, 0.1) is 5.41 Å². The van der Waals surface area contributed by atoms with E-state index >= 15 is 0 Å². The maximum absolute atomic E-state index is 5.91. The average Bonchev–Trinajstić information content (AvgIpc) is 2.75. The lowest BCUT2D eigenvalue weighted by atomic mass is 9.86. The van der Waals surface area contributed by atoms with Gasteiger partial charge in [0.1, 0.15) is 0 Å². The summed E-state index contributed by atoms with van der Waals surface area (Å²) in [4.78, 5) is 2.44. The Bertz CT molecular complexity index is 195. The highest BCUT2D eigenvalue weighted by Gasteiger charge is 2.35. The van der Waals surface area contributed by atoms with Gasteiger partial charge in [-0.15, -0.1) is 0 Å². The molecule has 0 aliphatic carbocycles. The third kappa shape index (κ3) is 3.91. The molecule has 0 aromatic carbocycles. The van der Waals surface area contributed by atoms with Crippen LogP contribution in [-0.2, 0) is 4.74 Å². The van der Waals surface area contributed by atoms with Crippen LogP contribution in [0.5, 0.6) is 0 Å². The van der Waals surface area contributed by atoms with Crippen molar-refractivity contribution in [2.24, 2.45) is 11.1 Å². The molecule has 0 spiro atoms. The number of ether oxygens (including phenoxy) is 1. The van der Waals surface area contributed by atoms with Gasteiger partial charge in [-0.05, 0) is 38.8 Å². The van der Waals surface area contributed by atoms with Crippen LogP contribution in [0.25, 0.3) is 0 Å². The lowest BCUT2D eigenvalue weighted by Crippen LogP contribution is -2.44. The zero-order chi connectivity index (χ0) is 12.0. The van der Waals surface area contributed by atoms with E-state index in [2.05, 4.69) is 25.1 Å². The van der Waals surface area contributed by atoms with Crippen LogP contribution >= 0.6 is 11.8 Å². The molecule has 3 nitrogen and oxygen atoms in total. The molecule has 0 amide bonds. The van der Waals surface area contributed by atoms with Crippen LogP contribution in [0.3, 0.4) is 0 Å². The van der Waals surface area contributed by atoms with Gasteiger partial charge < -0.3 is 15.4 Å². The molecule has 1 heterocycles. The van der Waals surface area contributed by atoms with Crippen LogP contribution in [0.2, 0.25) is 0 Å². The summed E-state index contributed by atoms with van der Waals surface area (Å²) < 4.78 is 5.50. The Morgan fingerprint density at radius 2 is 2.31 bits per heavy atom. The van der Waals surface area contributed by atoms with Crippen molar-refractivity contribution < 1.29 is 4.74 Å². The minimum Gasteiger partial charge on any atom is -0.381 e. The van der Waals surface area contributed by atoms with Crippen LogP contribution in [0.15, 0.2) is 0 Å². The summed E-state index contributed by atoms with van der Waals surface area (Å²) in [6.45, 7) is 5.83. The van der Waals surface area contributed by atoms with Crippen LogP contribution in [0.1, 0.15) is 19.8 Å². The number of thioether (sulfide) groups is 1. The Morgan fingerprint density at radius 3 is 2.81 bits per heavy atom. The largest absolute Gasteiger partial charge is 0.381 e. The van der Waals surface area contributed by atoms with Crippen molar-refractivity contribution in [2.75, 3.05) is 45.4 Å². The Labute approximate surface area is 104 Å². The number of nitrogens with two attached hydrogens (primary N) is 1. The Balaban J connectivity index is 2.38. The molecule has 0 bridgehead atoms. The Hall–Kier alpha value is 0.230. The van der Waals surface area contributed by atoms with Gasteiger partial charge in [0.25, 0.3) is 0 Å². The first-order valence-corrected chi connectivity index (χ1v) is 7.50. The van der Waals surface area contributed by atoms with Crippen LogP contribution in [0.4, 0.5) is 0 Å². The fourth-order valence-corrected chi connectivity index (χ4v) is 2.77. The molecule has 0 aromatic rings. The number of hydrogen-bond donors (Lipinski definition) is 1. The van der Waals surface area contributed by atoms with Gasteiger partial charge in [0, 0.05) is 31.2 Å². The van der Waals surface area contributed by atoms with Crippen molar-refractivity contribution in [2.45, 2.75) is 25.8 Å². The SMILES string of the molecule is CSCCC(C)N(C)CC1(CN)CCOC1. The highest BCUT2D eigenvalue weighted by atomic mass is 32.2. The zero-order valence-electron chi connectivity index (χ0n) is 10.9. The third-order valence-corrected chi connectivity index (χ3v) is 4.34. The van der Waals surface area contributed by atoms with Crippen LogP contribution < -0.4 is 5.73 Å². The summed E-state index contributed by atoms with van der Waals surface area (Å²) in [5.41, 5.74) is 6.12. The van der Waals surface area contributed by atoms with E-state index in [9.17, 15) is 0 Å². The van der Waals surface area contributed by atoms with Gasteiger partial charge in [-0.25, -0.2) is 0 Å². The van der Waals surface area contributed by atoms with Gasteiger partial charge >= 0.3 is 0 Å². The monoisotopic (exact) mass is 246 g/mol. The van der Waals surface area contributed by atoms with Crippen molar-refractivity contribution in [3.8, 4) is 0 Å². The molecule has 96 valence electrons. The smallest absolute Gasteiger partial charge is 0.0547 e. The summed E-state index contributed by atoms with van der Waals surface area (Å²) in [7, 11) is 2.21. The predicted molar refractivity (Wildman–Crippen MR) is 72.0 cm³/mol. The fourth-order valence-electron chi connectivity index (χ4n) is 2.19. The fraction of sp³-hybridized carbons (Fsp3) is 1.00. The van der Waals surface area contributed by atoms with E-state index in [0.717, 1.165) is 32.7 Å². The molecule has 1 rings (SSSR count). The first-order valence-electron chi connectivity index (χ1n) is 6.10. The van der Waals surface area contributed by atoms with Crippen LogP contribution in [-0.4, -0.2) is 56.3 Å². The summed E-state index contributed by atoms with van der Waals surface area (Å²) in [6.07, 6.45) is 4.53. The highest BCUT2D eigenvalue weighted by molar-refractivity contribution is 7.98. The van der Waals surface area contributed by atoms with Crippen molar-refractivity contribution >= 4 is 11.8 Å². The quantitative estimate of drug-likeness (QED) is 0.737. The summed E-state index contributed by atoms with van der Waals surface area (Å²) in [5, 5.41) is 0.